The second-order valence-electron chi connectivity index (χ2n) is 4.79. The van der Waals surface area contributed by atoms with Crippen molar-refractivity contribution in [3.05, 3.63) is 65.7 Å². The Hall–Kier alpha value is -3.55. The number of benzene rings is 2. The molecule has 0 spiro atoms. The predicted octanol–water partition coefficient (Wildman–Crippen LogP) is 2.70. The number of carbonyl (C=O) groups is 3. The maximum absolute atomic E-state index is 12.1. The minimum absolute atomic E-state index is 0.0269. The van der Waals surface area contributed by atoms with Gasteiger partial charge in [-0.1, -0.05) is 30.3 Å². The van der Waals surface area contributed by atoms with E-state index in [1.54, 1.807) is 37.3 Å². The van der Waals surface area contributed by atoms with Crippen LogP contribution < -0.4 is 10.1 Å². The van der Waals surface area contributed by atoms with Crippen molar-refractivity contribution in [2.45, 2.75) is 6.92 Å². The highest BCUT2D eigenvalue weighted by Gasteiger charge is 2.18. The molecule has 0 atom stereocenters. The van der Waals surface area contributed by atoms with Crippen LogP contribution in [-0.2, 0) is 14.5 Å². The molecule has 0 fully saturated rings. The highest BCUT2D eigenvalue weighted by molar-refractivity contribution is 5.94. The van der Waals surface area contributed by atoms with Gasteiger partial charge < -0.3 is 9.47 Å². The molecule has 26 heavy (non-hydrogen) atoms. The quantitative estimate of drug-likeness (QED) is 0.481. The number of nitrogens with one attached hydrogen (secondary N) is 1. The number of hydrogen-bond donors (Lipinski definition) is 1. The topological polar surface area (TPSA) is 100 Å². The Labute approximate surface area is 149 Å². The van der Waals surface area contributed by atoms with E-state index in [1.807, 2.05) is 0 Å². The number of para-hydroxylation sites is 1. The van der Waals surface area contributed by atoms with Crippen LogP contribution in [0, 0.1) is 0 Å². The van der Waals surface area contributed by atoms with Crippen molar-refractivity contribution in [2.75, 3.05) is 13.3 Å². The van der Waals surface area contributed by atoms with E-state index in [4.69, 9.17) is 4.74 Å². The molecule has 0 saturated carbocycles. The fourth-order valence-corrected chi connectivity index (χ4v) is 1.86. The maximum atomic E-state index is 12.1. The van der Waals surface area contributed by atoms with E-state index < -0.39 is 18.0 Å². The lowest BCUT2D eigenvalue weighted by Gasteiger charge is -2.11. The molecule has 0 aliphatic carbocycles. The van der Waals surface area contributed by atoms with Crippen LogP contribution in [0.5, 0.6) is 5.75 Å². The van der Waals surface area contributed by atoms with E-state index in [2.05, 4.69) is 19.8 Å². The summed E-state index contributed by atoms with van der Waals surface area (Å²) in [6, 6.07) is 14.2. The van der Waals surface area contributed by atoms with Gasteiger partial charge in [0.1, 0.15) is 11.3 Å². The van der Waals surface area contributed by atoms with Crippen molar-refractivity contribution in [1.29, 1.82) is 0 Å². The molecule has 2 rings (SSSR count). The molecular weight excluding hydrogens is 342 g/mol. The largest absolute Gasteiger partial charge is 0.472 e. The van der Waals surface area contributed by atoms with E-state index in [-0.39, 0.29) is 30.2 Å². The van der Waals surface area contributed by atoms with Gasteiger partial charge >= 0.3 is 18.0 Å². The van der Waals surface area contributed by atoms with Crippen molar-refractivity contribution in [2.24, 2.45) is 0 Å². The van der Waals surface area contributed by atoms with Gasteiger partial charge in [-0.15, -0.1) is 0 Å². The molecule has 1 N–H and O–H groups in total. The molecule has 1 amide bonds. The standard InChI is InChI=1S/C18H17NO7/c1-2-23-18(22)19-12-24-15-11-7-6-10-14(15)17(21)26-25-16(20)13-8-4-3-5-9-13/h3-11H,2,12H2,1H3,(H,19,22). The van der Waals surface area contributed by atoms with E-state index in [0.29, 0.717) is 0 Å². The maximum Gasteiger partial charge on any atom is 0.409 e. The van der Waals surface area contributed by atoms with Crippen molar-refractivity contribution in [3.8, 4) is 5.75 Å². The van der Waals surface area contributed by atoms with Gasteiger partial charge in [-0.3, -0.25) is 5.32 Å². The summed E-state index contributed by atoms with van der Waals surface area (Å²) in [6.45, 7) is 1.68. The lowest BCUT2D eigenvalue weighted by atomic mass is 10.2. The average molecular weight is 359 g/mol. The summed E-state index contributed by atoms with van der Waals surface area (Å²) in [6.07, 6.45) is -0.649. The lowest BCUT2D eigenvalue weighted by Crippen LogP contribution is -2.28. The first-order valence-electron chi connectivity index (χ1n) is 7.72. The summed E-state index contributed by atoms with van der Waals surface area (Å²) in [5.74, 6) is -1.58. The van der Waals surface area contributed by atoms with Crippen LogP contribution in [0.3, 0.4) is 0 Å². The van der Waals surface area contributed by atoms with Crippen LogP contribution >= 0.6 is 0 Å². The zero-order valence-electron chi connectivity index (χ0n) is 14.0. The first-order valence-corrected chi connectivity index (χ1v) is 7.72. The van der Waals surface area contributed by atoms with Crippen LogP contribution in [0.2, 0.25) is 0 Å². The smallest absolute Gasteiger partial charge is 0.409 e. The molecule has 2 aromatic rings. The monoisotopic (exact) mass is 359 g/mol. The molecule has 136 valence electrons. The molecule has 0 heterocycles. The molecule has 0 bridgehead atoms. The Balaban J connectivity index is 1.92. The Bertz CT molecular complexity index is 761. The third kappa shape index (κ3) is 5.52. The summed E-state index contributed by atoms with van der Waals surface area (Å²) in [7, 11) is 0. The molecule has 0 aliphatic rings. The predicted molar refractivity (Wildman–Crippen MR) is 89.4 cm³/mol. The SMILES string of the molecule is CCOC(=O)NCOc1ccccc1C(=O)OOC(=O)c1ccccc1. The molecule has 0 radical (unpaired) electrons. The van der Waals surface area contributed by atoms with Crippen molar-refractivity contribution >= 4 is 18.0 Å². The zero-order chi connectivity index (χ0) is 18.8. The van der Waals surface area contributed by atoms with Gasteiger partial charge in [0.25, 0.3) is 0 Å². The summed E-state index contributed by atoms with van der Waals surface area (Å²) >= 11 is 0. The molecule has 8 nitrogen and oxygen atoms in total. The first kappa shape index (κ1) is 18.8. The minimum atomic E-state index is -0.916. The normalized spacial score (nSPS) is 9.73. The Morgan fingerprint density at radius 3 is 2.27 bits per heavy atom. The molecule has 2 aromatic carbocycles. The highest BCUT2D eigenvalue weighted by Crippen LogP contribution is 2.19. The Kier molecular flexibility index (Phi) is 6.99. The Morgan fingerprint density at radius 1 is 0.885 bits per heavy atom. The van der Waals surface area contributed by atoms with Gasteiger partial charge in [-0.25, -0.2) is 24.2 Å². The van der Waals surface area contributed by atoms with Crippen LogP contribution in [0.25, 0.3) is 0 Å². The lowest BCUT2D eigenvalue weighted by molar-refractivity contribution is -0.187. The summed E-state index contributed by atoms with van der Waals surface area (Å²) < 4.78 is 10.00. The van der Waals surface area contributed by atoms with Crippen LogP contribution in [0.15, 0.2) is 54.6 Å². The molecule has 0 aromatic heterocycles. The van der Waals surface area contributed by atoms with Crippen molar-refractivity contribution in [3.63, 3.8) is 0 Å². The molecular formula is C18H17NO7. The van der Waals surface area contributed by atoms with Gasteiger partial charge in [-0.05, 0) is 31.2 Å². The number of alkyl carbamates (subject to hydrolysis) is 1. The zero-order valence-corrected chi connectivity index (χ0v) is 14.0. The fourth-order valence-electron chi connectivity index (χ4n) is 1.86. The van der Waals surface area contributed by atoms with E-state index in [1.165, 1.54) is 24.3 Å². The van der Waals surface area contributed by atoms with Crippen LogP contribution in [0.1, 0.15) is 27.6 Å². The third-order valence-corrected chi connectivity index (χ3v) is 3.03. The fraction of sp³-hybridized carbons (Fsp3) is 0.167. The second-order valence-corrected chi connectivity index (χ2v) is 4.79. The van der Waals surface area contributed by atoms with Crippen molar-refractivity contribution < 1.29 is 33.6 Å². The summed E-state index contributed by atoms with van der Waals surface area (Å²) in [4.78, 5) is 44.2. The number of carbonyl (C=O) groups excluding carboxylic acids is 3. The Morgan fingerprint density at radius 2 is 1.54 bits per heavy atom. The van der Waals surface area contributed by atoms with Gasteiger partial charge in [0.15, 0.2) is 6.73 Å². The molecule has 8 heteroatoms. The number of ether oxygens (including phenoxy) is 2. The van der Waals surface area contributed by atoms with Crippen LogP contribution in [-0.4, -0.2) is 31.4 Å². The van der Waals surface area contributed by atoms with Crippen molar-refractivity contribution in [1.82, 2.24) is 5.32 Å². The first-order chi connectivity index (χ1) is 12.6. The second kappa shape index (κ2) is 9.67. The molecule has 0 unspecified atom stereocenters. The number of rotatable bonds is 6. The van der Waals surface area contributed by atoms with Gasteiger partial charge in [-0.2, -0.15) is 0 Å². The summed E-state index contributed by atoms with van der Waals surface area (Å²) in [5.41, 5.74) is 0.266. The summed E-state index contributed by atoms with van der Waals surface area (Å²) in [5, 5.41) is 2.35. The van der Waals surface area contributed by atoms with E-state index >= 15 is 0 Å². The van der Waals surface area contributed by atoms with E-state index in [0.717, 1.165) is 0 Å². The number of amides is 1. The van der Waals surface area contributed by atoms with E-state index in [9.17, 15) is 14.4 Å². The molecule has 0 aliphatic heterocycles. The highest BCUT2D eigenvalue weighted by atomic mass is 17.2. The van der Waals surface area contributed by atoms with Crippen LogP contribution in [0.4, 0.5) is 4.79 Å². The number of hydrogen-bond acceptors (Lipinski definition) is 7. The third-order valence-electron chi connectivity index (χ3n) is 3.03. The van der Waals surface area contributed by atoms with Gasteiger partial charge in [0.2, 0.25) is 0 Å². The minimum Gasteiger partial charge on any atom is -0.472 e. The van der Waals surface area contributed by atoms with Gasteiger partial charge in [0.05, 0.1) is 12.2 Å². The average Bonchev–Trinajstić information content (AvgIpc) is 2.67. The molecule has 0 saturated heterocycles. The van der Waals surface area contributed by atoms with Gasteiger partial charge in [0, 0.05) is 0 Å².